The topological polar surface area (TPSA) is 114 Å². The first kappa shape index (κ1) is 22.1. The smallest absolute Gasteiger partial charge is 0.303 e. The monoisotopic (exact) mass is 447 g/mol. The first-order valence-corrected chi connectivity index (χ1v) is 12.4. The lowest BCUT2D eigenvalue weighted by Gasteiger charge is -2.38. The van der Waals surface area contributed by atoms with Crippen LogP contribution in [-0.2, 0) is 14.4 Å². The predicted molar refractivity (Wildman–Crippen MR) is 117 cm³/mol. The summed E-state index contributed by atoms with van der Waals surface area (Å²) in [5.41, 5.74) is 6.18. The van der Waals surface area contributed by atoms with Crippen molar-refractivity contribution in [2.45, 2.75) is 93.9 Å². The van der Waals surface area contributed by atoms with Gasteiger partial charge in [0.25, 0.3) is 0 Å². The van der Waals surface area contributed by atoms with Gasteiger partial charge < -0.3 is 20.2 Å². The number of likely N-dealkylation sites (tertiary alicyclic amines) is 1. The minimum Gasteiger partial charge on any atom is -0.481 e. The fourth-order valence-electron chi connectivity index (χ4n) is 6.66. The first-order chi connectivity index (χ1) is 15.4. The molecule has 0 bridgehead atoms. The third-order valence-electron chi connectivity index (χ3n) is 8.92. The average molecular weight is 448 g/mol. The Labute approximate surface area is 189 Å². The average Bonchev–Trinajstić information content (AvgIpc) is 3.27. The number of aliphatic carboxylic acids is 1. The molecule has 3 saturated heterocycles. The molecule has 5 rings (SSSR count). The van der Waals surface area contributed by atoms with Crippen molar-refractivity contribution >= 4 is 17.8 Å². The molecular formula is C23H37N5O4. The fourth-order valence-corrected chi connectivity index (χ4v) is 6.66. The molecule has 6 unspecified atom stereocenters. The van der Waals surface area contributed by atoms with E-state index in [0.717, 1.165) is 32.2 Å². The van der Waals surface area contributed by atoms with Gasteiger partial charge in [0.2, 0.25) is 11.8 Å². The molecule has 0 aromatic heterocycles. The lowest BCUT2D eigenvalue weighted by Crippen LogP contribution is -2.56. The molecule has 4 N–H and O–H groups in total. The van der Waals surface area contributed by atoms with Crippen LogP contribution >= 0.6 is 0 Å². The SMILES string of the molecule is CN(C(=O)C1NNC2CCN(C(=O)C3CC4CCCCC4N3)CC21)C1(CCC(=O)O)CC1. The van der Waals surface area contributed by atoms with Gasteiger partial charge in [-0.05, 0) is 50.9 Å². The molecule has 6 atom stereocenters. The number of carbonyl (C=O) groups is 3. The van der Waals surface area contributed by atoms with E-state index in [1.165, 1.54) is 25.7 Å². The van der Waals surface area contributed by atoms with Crippen LogP contribution < -0.4 is 16.2 Å². The number of amides is 2. The summed E-state index contributed by atoms with van der Waals surface area (Å²) in [5.74, 6) is 0.0476. The lowest BCUT2D eigenvalue weighted by atomic mass is 9.84. The number of carbonyl (C=O) groups excluding carboxylic acids is 2. The summed E-state index contributed by atoms with van der Waals surface area (Å²) < 4.78 is 0. The largest absolute Gasteiger partial charge is 0.481 e. The van der Waals surface area contributed by atoms with E-state index >= 15 is 0 Å². The van der Waals surface area contributed by atoms with Crippen LogP contribution in [0, 0.1) is 11.8 Å². The van der Waals surface area contributed by atoms with Crippen LogP contribution in [0.25, 0.3) is 0 Å². The highest BCUT2D eigenvalue weighted by molar-refractivity contribution is 5.85. The maximum atomic E-state index is 13.4. The molecule has 3 heterocycles. The highest BCUT2D eigenvalue weighted by atomic mass is 16.4. The molecule has 5 aliphatic rings. The van der Waals surface area contributed by atoms with Crippen molar-refractivity contribution in [3.63, 3.8) is 0 Å². The highest BCUT2D eigenvalue weighted by Gasteiger charge is 2.53. The zero-order valence-electron chi connectivity index (χ0n) is 19.0. The van der Waals surface area contributed by atoms with Gasteiger partial charge in [-0.2, -0.15) is 0 Å². The van der Waals surface area contributed by atoms with Gasteiger partial charge >= 0.3 is 5.97 Å². The second-order valence-corrected chi connectivity index (χ2v) is 10.7. The number of piperidine rings is 1. The molecule has 9 heteroatoms. The summed E-state index contributed by atoms with van der Waals surface area (Å²) in [4.78, 5) is 41.5. The number of rotatable bonds is 6. The summed E-state index contributed by atoms with van der Waals surface area (Å²) in [6, 6.07) is 0.204. The number of carboxylic acid groups (broad SMARTS) is 1. The molecule has 32 heavy (non-hydrogen) atoms. The molecule has 5 fully saturated rings. The molecular weight excluding hydrogens is 410 g/mol. The van der Waals surface area contributed by atoms with Gasteiger partial charge in [-0.25, -0.2) is 5.43 Å². The van der Waals surface area contributed by atoms with E-state index in [-0.39, 0.29) is 47.8 Å². The number of hydrogen-bond donors (Lipinski definition) is 4. The molecule has 2 amide bonds. The summed E-state index contributed by atoms with van der Waals surface area (Å²) >= 11 is 0. The van der Waals surface area contributed by atoms with Crippen LogP contribution in [0.15, 0.2) is 0 Å². The molecule has 0 radical (unpaired) electrons. The normalized spacial score (nSPS) is 37.5. The Bertz CT molecular complexity index is 757. The Morgan fingerprint density at radius 1 is 1.09 bits per heavy atom. The Morgan fingerprint density at radius 2 is 1.88 bits per heavy atom. The van der Waals surface area contributed by atoms with Crippen LogP contribution in [0.2, 0.25) is 0 Å². The first-order valence-electron chi connectivity index (χ1n) is 12.4. The second-order valence-electron chi connectivity index (χ2n) is 10.7. The summed E-state index contributed by atoms with van der Waals surface area (Å²) in [6.07, 6.45) is 9.02. The summed E-state index contributed by atoms with van der Waals surface area (Å²) in [5, 5.41) is 12.7. The second kappa shape index (κ2) is 8.57. The Hall–Kier alpha value is -1.71. The molecule has 2 saturated carbocycles. The molecule has 178 valence electrons. The molecule has 0 aromatic carbocycles. The summed E-state index contributed by atoms with van der Waals surface area (Å²) in [7, 11) is 1.81. The van der Waals surface area contributed by atoms with Gasteiger partial charge in [0.05, 0.1) is 6.04 Å². The minimum absolute atomic E-state index is 0.00667. The van der Waals surface area contributed by atoms with Gasteiger partial charge in [-0.3, -0.25) is 19.8 Å². The zero-order chi connectivity index (χ0) is 22.5. The zero-order valence-corrected chi connectivity index (χ0v) is 19.0. The Balaban J connectivity index is 1.21. The molecule has 3 aliphatic heterocycles. The van der Waals surface area contributed by atoms with Gasteiger partial charge in [-0.1, -0.05) is 12.8 Å². The number of carboxylic acids is 1. The summed E-state index contributed by atoms with van der Waals surface area (Å²) in [6.45, 7) is 1.31. The number of nitrogens with one attached hydrogen (secondary N) is 3. The molecule has 2 aliphatic carbocycles. The lowest BCUT2D eigenvalue weighted by molar-refractivity contribution is -0.141. The maximum Gasteiger partial charge on any atom is 0.303 e. The van der Waals surface area contributed by atoms with Crippen molar-refractivity contribution in [2.75, 3.05) is 20.1 Å². The number of hydrogen-bond acceptors (Lipinski definition) is 6. The van der Waals surface area contributed by atoms with E-state index in [2.05, 4.69) is 16.2 Å². The van der Waals surface area contributed by atoms with Crippen molar-refractivity contribution < 1.29 is 19.5 Å². The van der Waals surface area contributed by atoms with E-state index in [1.54, 1.807) is 4.90 Å². The van der Waals surface area contributed by atoms with E-state index in [4.69, 9.17) is 5.11 Å². The van der Waals surface area contributed by atoms with E-state index in [0.29, 0.717) is 24.9 Å². The number of fused-ring (bicyclic) bond motifs is 2. The van der Waals surface area contributed by atoms with Gasteiger partial charge in [0.1, 0.15) is 6.04 Å². The van der Waals surface area contributed by atoms with Crippen LogP contribution in [-0.4, -0.2) is 82.5 Å². The van der Waals surface area contributed by atoms with E-state index < -0.39 is 5.97 Å². The Morgan fingerprint density at radius 3 is 2.59 bits per heavy atom. The predicted octanol–water partition coefficient (Wildman–Crippen LogP) is 0.456. The van der Waals surface area contributed by atoms with E-state index in [1.807, 2.05) is 11.9 Å². The number of hydrazine groups is 1. The third-order valence-corrected chi connectivity index (χ3v) is 8.92. The van der Waals surface area contributed by atoms with Crippen molar-refractivity contribution in [2.24, 2.45) is 11.8 Å². The van der Waals surface area contributed by atoms with Crippen LogP contribution in [0.1, 0.15) is 64.2 Å². The standard InChI is InChI=1S/C23H37N5O4/c1-27(23(9-10-23)8-6-19(29)30)22(32)20-15-13-28(11-7-17(15)25-26-20)21(31)18-12-14-4-2-3-5-16(14)24-18/h14-18,20,24-26H,2-13H2,1H3,(H,29,30). The van der Waals surface area contributed by atoms with Crippen molar-refractivity contribution in [3.05, 3.63) is 0 Å². The molecule has 0 aromatic rings. The minimum atomic E-state index is -0.820. The van der Waals surface area contributed by atoms with Gasteiger partial charge in [-0.15, -0.1) is 0 Å². The van der Waals surface area contributed by atoms with Crippen LogP contribution in [0.4, 0.5) is 0 Å². The van der Waals surface area contributed by atoms with E-state index in [9.17, 15) is 14.4 Å². The third kappa shape index (κ3) is 4.03. The van der Waals surface area contributed by atoms with Gasteiger partial charge in [0.15, 0.2) is 0 Å². The van der Waals surface area contributed by atoms with Crippen LogP contribution in [0.3, 0.4) is 0 Å². The number of likely N-dealkylation sites (N-methyl/N-ethyl adjacent to an activating group) is 1. The molecule has 0 spiro atoms. The van der Waals surface area contributed by atoms with Crippen molar-refractivity contribution in [3.8, 4) is 0 Å². The fraction of sp³-hybridized carbons (Fsp3) is 0.870. The highest BCUT2D eigenvalue weighted by Crippen LogP contribution is 2.45. The number of nitrogens with zero attached hydrogens (tertiary/aromatic N) is 2. The van der Waals surface area contributed by atoms with Crippen LogP contribution in [0.5, 0.6) is 0 Å². The quantitative estimate of drug-likeness (QED) is 0.468. The maximum absolute atomic E-state index is 13.4. The Kier molecular flexibility index (Phi) is 5.92. The van der Waals surface area contributed by atoms with Gasteiger partial charge in [0, 0.05) is 50.1 Å². The molecule has 9 nitrogen and oxygen atoms in total. The van der Waals surface area contributed by atoms with Crippen molar-refractivity contribution in [1.82, 2.24) is 26.0 Å². The van der Waals surface area contributed by atoms with Crippen molar-refractivity contribution in [1.29, 1.82) is 0 Å².